The van der Waals surface area contributed by atoms with Crippen molar-refractivity contribution in [1.82, 2.24) is 20.1 Å². The first-order chi connectivity index (χ1) is 12.1. The van der Waals surface area contributed by atoms with Gasteiger partial charge in [0.15, 0.2) is 0 Å². The minimum absolute atomic E-state index is 0.196. The summed E-state index contributed by atoms with van der Waals surface area (Å²) >= 11 is 0. The number of furan rings is 1. The van der Waals surface area contributed by atoms with Crippen LogP contribution in [0.4, 0.5) is 4.79 Å². The van der Waals surface area contributed by atoms with Gasteiger partial charge in [-0.15, -0.1) is 0 Å². The summed E-state index contributed by atoms with van der Waals surface area (Å²) in [6.45, 7) is 3.01. The Balaban J connectivity index is 1.57. The van der Waals surface area contributed by atoms with Crippen LogP contribution in [0.15, 0.2) is 41.3 Å². The second kappa shape index (κ2) is 7.16. The van der Waals surface area contributed by atoms with Crippen LogP contribution >= 0.6 is 0 Å². The molecule has 2 aromatic heterocycles. The minimum atomic E-state index is -0.793. The third kappa shape index (κ3) is 3.52. The fourth-order valence-electron chi connectivity index (χ4n) is 2.55. The molecule has 1 fully saturated rings. The number of pyridine rings is 1. The van der Waals surface area contributed by atoms with Gasteiger partial charge in [0.2, 0.25) is 0 Å². The summed E-state index contributed by atoms with van der Waals surface area (Å²) in [5.74, 6) is -1.44. The minimum Gasteiger partial charge on any atom is -0.472 e. The number of aromatic nitrogens is 1. The van der Waals surface area contributed by atoms with Crippen molar-refractivity contribution in [3.8, 4) is 11.3 Å². The van der Waals surface area contributed by atoms with E-state index in [0.29, 0.717) is 13.1 Å². The van der Waals surface area contributed by atoms with Crippen molar-refractivity contribution in [3.05, 3.63) is 42.5 Å². The second-order valence-corrected chi connectivity index (χ2v) is 5.56. The first-order valence-corrected chi connectivity index (χ1v) is 7.96. The molecule has 2 aromatic rings. The molecular formula is C17H18N4O4. The second-order valence-electron chi connectivity index (χ2n) is 5.56. The van der Waals surface area contributed by atoms with Crippen LogP contribution in [0, 0.1) is 0 Å². The van der Waals surface area contributed by atoms with Gasteiger partial charge in [0, 0.05) is 37.9 Å². The SMILES string of the molecule is CCN1CCN(C(=O)NCc2ccc(-c3ccoc3)nc2)C(=O)C1=O. The Kier molecular flexibility index (Phi) is 4.78. The van der Waals surface area contributed by atoms with Crippen LogP contribution in [0.1, 0.15) is 12.5 Å². The Bertz CT molecular complexity index is 770. The van der Waals surface area contributed by atoms with Gasteiger partial charge >= 0.3 is 17.8 Å². The zero-order valence-electron chi connectivity index (χ0n) is 13.8. The summed E-state index contributed by atoms with van der Waals surface area (Å²) < 4.78 is 5.01. The van der Waals surface area contributed by atoms with Gasteiger partial charge in [-0.1, -0.05) is 6.07 Å². The standard InChI is InChI=1S/C17H18N4O4/c1-2-20-6-7-21(16(23)15(20)22)17(24)19-10-12-3-4-14(18-9-12)13-5-8-25-11-13/h3-5,8-9,11H,2,6-7,10H2,1H3,(H,19,24). The lowest BCUT2D eigenvalue weighted by Crippen LogP contribution is -2.58. The van der Waals surface area contributed by atoms with Crippen LogP contribution in [0.25, 0.3) is 11.3 Å². The van der Waals surface area contributed by atoms with E-state index in [-0.39, 0.29) is 13.1 Å². The Hall–Kier alpha value is -3.16. The highest BCUT2D eigenvalue weighted by molar-refractivity contribution is 6.38. The van der Waals surface area contributed by atoms with Gasteiger partial charge in [-0.25, -0.2) is 4.79 Å². The van der Waals surface area contributed by atoms with Crippen LogP contribution in [-0.4, -0.2) is 52.3 Å². The number of nitrogens with one attached hydrogen (secondary N) is 1. The molecule has 0 radical (unpaired) electrons. The van der Waals surface area contributed by atoms with E-state index in [2.05, 4.69) is 10.3 Å². The lowest BCUT2D eigenvalue weighted by atomic mass is 10.2. The van der Waals surface area contributed by atoms with Crippen molar-refractivity contribution in [3.63, 3.8) is 0 Å². The van der Waals surface area contributed by atoms with Gasteiger partial charge in [-0.2, -0.15) is 0 Å². The Morgan fingerprint density at radius 3 is 2.72 bits per heavy atom. The van der Waals surface area contributed by atoms with Gasteiger partial charge in [-0.05, 0) is 24.6 Å². The van der Waals surface area contributed by atoms with Crippen LogP contribution in [0.2, 0.25) is 0 Å². The lowest BCUT2D eigenvalue weighted by molar-refractivity contribution is -0.153. The number of likely N-dealkylation sites (N-methyl/N-ethyl adjacent to an activating group) is 1. The van der Waals surface area contributed by atoms with Crippen LogP contribution in [0.5, 0.6) is 0 Å². The molecule has 25 heavy (non-hydrogen) atoms. The van der Waals surface area contributed by atoms with Crippen molar-refractivity contribution in [2.24, 2.45) is 0 Å². The van der Waals surface area contributed by atoms with E-state index >= 15 is 0 Å². The van der Waals surface area contributed by atoms with E-state index in [1.165, 1.54) is 4.90 Å². The maximum Gasteiger partial charge on any atom is 0.324 e. The van der Waals surface area contributed by atoms with Crippen LogP contribution in [-0.2, 0) is 16.1 Å². The molecule has 0 saturated carbocycles. The molecule has 0 aliphatic carbocycles. The molecule has 0 aromatic carbocycles. The molecule has 1 aliphatic heterocycles. The highest BCUT2D eigenvalue weighted by Crippen LogP contribution is 2.17. The predicted octanol–water partition coefficient (Wildman–Crippen LogP) is 1.24. The van der Waals surface area contributed by atoms with Gasteiger partial charge in [0.1, 0.15) is 0 Å². The third-order valence-electron chi connectivity index (χ3n) is 4.02. The van der Waals surface area contributed by atoms with E-state index in [1.54, 1.807) is 25.6 Å². The molecule has 3 rings (SSSR count). The van der Waals surface area contributed by atoms with Crippen LogP contribution < -0.4 is 5.32 Å². The Labute approximate surface area is 144 Å². The van der Waals surface area contributed by atoms with Crippen molar-refractivity contribution in [1.29, 1.82) is 0 Å². The monoisotopic (exact) mass is 342 g/mol. The number of nitrogens with zero attached hydrogens (tertiary/aromatic N) is 3. The number of hydrogen-bond acceptors (Lipinski definition) is 5. The topological polar surface area (TPSA) is 95.8 Å². The predicted molar refractivity (Wildman–Crippen MR) is 88.1 cm³/mol. The molecule has 0 bridgehead atoms. The van der Waals surface area contributed by atoms with E-state index in [4.69, 9.17) is 4.42 Å². The first kappa shape index (κ1) is 16.7. The molecule has 4 amide bonds. The maximum atomic E-state index is 12.2. The molecule has 3 heterocycles. The Morgan fingerprint density at radius 1 is 1.24 bits per heavy atom. The van der Waals surface area contributed by atoms with Crippen molar-refractivity contribution in [2.45, 2.75) is 13.5 Å². The molecule has 8 nitrogen and oxygen atoms in total. The number of carbonyl (C=O) groups excluding carboxylic acids is 3. The number of amides is 4. The van der Waals surface area contributed by atoms with Gasteiger partial charge in [0.25, 0.3) is 0 Å². The maximum absolute atomic E-state index is 12.2. The summed E-state index contributed by atoms with van der Waals surface area (Å²) in [6, 6.07) is 4.88. The smallest absolute Gasteiger partial charge is 0.324 e. The molecule has 0 spiro atoms. The fraction of sp³-hybridized carbons (Fsp3) is 0.294. The molecule has 130 valence electrons. The average molecular weight is 342 g/mol. The third-order valence-corrected chi connectivity index (χ3v) is 4.02. The number of imide groups is 1. The first-order valence-electron chi connectivity index (χ1n) is 7.96. The number of carbonyl (C=O) groups is 3. The number of rotatable bonds is 4. The van der Waals surface area contributed by atoms with Gasteiger partial charge in [-0.3, -0.25) is 19.5 Å². The van der Waals surface area contributed by atoms with Gasteiger partial charge in [0.05, 0.1) is 18.2 Å². The quantitative estimate of drug-likeness (QED) is 0.844. The van der Waals surface area contributed by atoms with E-state index < -0.39 is 17.8 Å². The largest absolute Gasteiger partial charge is 0.472 e. The summed E-state index contributed by atoms with van der Waals surface area (Å²) in [6.07, 6.45) is 4.81. The van der Waals surface area contributed by atoms with E-state index in [9.17, 15) is 14.4 Å². The van der Waals surface area contributed by atoms with Crippen molar-refractivity contribution < 1.29 is 18.8 Å². The molecule has 1 aliphatic rings. The fourth-order valence-corrected chi connectivity index (χ4v) is 2.55. The number of hydrogen-bond donors (Lipinski definition) is 1. The molecule has 1 saturated heterocycles. The zero-order chi connectivity index (χ0) is 17.8. The summed E-state index contributed by atoms with van der Waals surface area (Å²) in [4.78, 5) is 42.6. The lowest BCUT2D eigenvalue weighted by Gasteiger charge is -2.31. The summed E-state index contributed by atoms with van der Waals surface area (Å²) in [5, 5.41) is 2.64. The number of urea groups is 1. The van der Waals surface area contributed by atoms with Crippen molar-refractivity contribution >= 4 is 17.8 Å². The highest BCUT2D eigenvalue weighted by Gasteiger charge is 2.35. The zero-order valence-corrected chi connectivity index (χ0v) is 13.8. The summed E-state index contributed by atoms with van der Waals surface area (Å²) in [5.41, 5.74) is 2.42. The van der Waals surface area contributed by atoms with E-state index in [1.807, 2.05) is 18.2 Å². The van der Waals surface area contributed by atoms with Gasteiger partial charge < -0.3 is 14.6 Å². The normalized spacial score (nSPS) is 14.8. The molecular weight excluding hydrogens is 324 g/mol. The molecule has 8 heteroatoms. The molecule has 0 atom stereocenters. The highest BCUT2D eigenvalue weighted by atomic mass is 16.3. The van der Waals surface area contributed by atoms with E-state index in [0.717, 1.165) is 21.7 Å². The average Bonchev–Trinajstić information content (AvgIpc) is 3.17. The van der Waals surface area contributed by atoms with Crippen LogP contribution in [0.3, 0.4) is 0 Å². The Morgan fingerprint density at radius 2 is 2.08 bits per heavy atom. The van der Waals surface area contributed by atoms with Crippen molar-refractivity contribution in [2.75, 3.05) is 19.6 Å². The molecule has 1 N–H and O–H groups in total. The molecule has 0 unspecified atom stereocenters. The number of piperazine rings is 1. The summed E-state index contributed by atoms with van der Waals surface area (Å²) in [7, 11) is 0.